The Morgan fingerprint density at radius 2 is 2.15 bits per heavy atom. The van der Waals surface area contributed by atoms with Gasteiger partial charge in [-0.1, -0.05) is 0 Å². The minimum Gasteiger partial charge on any atom is -0.469 e. The summed E-state index contributed by atoms with van der Waals surface area (Å²) in [6.45, 7) is 3.82. The van der Waals surface area contributed by atoms with E-state index in [1.807, 2.05) is 0 Å². The molecule has 2 atom stereocenters. The summed E-state index contributed by atoms with van der Waals surface area (Å²) in [6.07, 6.45) is 0.540. The first-order valence-electron chi connectivity index (χ1n) is 4.31. The molecule has 0 unspecified atom stereocenters. The Morgan fingerprint density at radius 3 is 2.62 bits per heavy atom. The minimum absolute atomic E-state index is 0.296. The highest BCUT2D eigenvalue weighted by Gasteiger charge is 2.61. The summed E-state index contributed by atoms with van der Waals surface area (Å²) < 4.78 is 9.40. The van der Waals surface area contributed by atoms with Crippen LogP contribution >= 0.6 is 0 Å². The van der Waals surface area contributed by atoms with Crippen LogP contribution in [0, 0.1) is 11.3 Å². The Bertz CT molecular complexity index is 236. The molecule has 0 radical (unpaired) electrons. The maximum atomic E-state index is 11.2. The van der Waals surface area contributed by atoms with Gasteiger partial charge in [0.25, 0.3) is 0 Å². The Morgan fingerprint density at radius 1 is 1.54 bits per heavy atom. The molecule has 0 saturated heterocycles. The molecule has 4 heteroatoms. The molecule has 0 N–H and O–H groups in total. The van der Waals surface area contributed by atoms with Gasteiger partial charge < -0.3 is 9.47 Å². The molecular formula is C9H14O4. The van der Waals surface area contributed by atoms with Gasteiger partial charge in [0.2, 0.25) is 0 Å². The molecule has 1 fully saturated rings. The van der Waals surface area contributed by atoms with E-state index in [4.69, 9.17) is 4.74 Å². The van der Waals surface area contributed by atoms with E-state index in [-0.39, 0.29) is 17.9 Å². The summed E-state index contributed by atoms with van der Waals surface area (Å²) in [6, 6.07) is 0. The van der Waals surface area contributed by atoms with Crippen molar-refractivity contribution >= 4 is 11.9 Å². The van der Waals surface area contributed by atoms with Gasteiger partial charge in [0.15, 0.2) is 0 Å². The van der Waals surface area contributed by atoms with Gasteiger partial charge in [-0.05, 0) is 20.3 Å². The molecule has 0 bridgehead atoms. The fourth-order valence-corrected chi connectivity index (χ4v) is 1.41. The number of carbonyl (C=O) groups is 2. The third kappa shape index (κ3) is 1.66. The average molecular weight is 186 g/mol. The Kier molecular flexibility index (Phi) is 2.59. The minimum atomic E-state index is -0.638. The van der Waals surface area contributed by atoms with E-state index in [1.165, 1.54) is 7.11 Å². The molecule has 1 aliphatic carbocycles. The normalized spacial score (nSPS) is 30.8. The van der Waals surface area contributed by atoms with Crippen molar-refractivity contribution in [1.29, 1.82) is 0 Å². The van der Waals surface area contributed by atoms with Crippen LogP contribution < -0.4 is 0 Å². The van der Waals surface area contributed by atoms with Crippen LogP contribution in [0.4, 0.5) is 0 Å². The lowest BCUT2D eigenvalue weighted by atomic mass is 10.1. The number of rotatable bonds is 3. The lowest BCUT2D eigenvalue weighted by Crippen LogP contribution is -2.20. The van der Waals surface area contributed by atoms with Crippen LogP contribution in [0.3, 0.4) is 0 Å². The van der Waals surface area contributed by atoms with Gasteiger partial charge in [-0.2, -0.15) is 0 Å². The van der Waals surface area contributed by atoms with Crippen LogP contribution in [0.2, 0.25) is 0 Å². The summed E-state index contributed by atoms with van der Waals surface area (Å²) in [4.78, 5) is 22.4. The molecular weight excluding hydrogens is 172 g/mol. The maximum absolute atomic E-state index is 11.2. The quantitative estimate of drug-likeness (QED) is 0.610. The number of hydrogen-bond acceptors (Lipinski definition) is 4. The highest BCUT2D eigenvalue weighted by atomic mass is 16.5. The van der Waals surface area contributed by atoms with Crippen LogP contribution in [0.25, 0.3) is 0 Å². The molecule has 1 rings (SSSR count). The lowest BCUT2D eigenvalue weighted by Gasteiger charge is -2.07. The van der Waals surface area contributed by atoms with Crippen LogP contribution in [0.5, 0.6) is 0 Å². The standard InChI is InChI=1S/C9H14O4/c1-4-13-7(10)6-5-9(6,2)8(11)12-3/h6H,4-5H2,1-3H3/t6-,9+/m0/s1. The summed E-state index contributed by atoms with van der Waals surface area (Å²) in [7, 11) is 1.33. The number of esters is 2. The van der Waals surface area contributed by atoms with Gasteiger partial charge in [0.05, 0.1) is 25.0 Å². The van der Waals surface area contributed by atoms with Gasteiger partial charge in [-0.15, -0.1) is 0 Å². The summed E-state index contributed by atoms with van der Waals surface area (Å²) in [5, 5.41) is 0. The van der Waals surface area contributed by atoms with Gasteiger partial charge in [0.1, 0.15) is 0 Å². The van der Waals surface area contributed by atoms with E-state index in [2.05, 4.69) is 4.74 Å². The van der Waals surface area contributed by atoms with Crippen molar-refractivity contribution in [3.63, 3.8) is 0 Å². The van der Waals surface area contributed by atoms with Crippen molar-refractivity contribution in [3.05, 3.63) is 0 Å². The number of carbonyl (C=O) groups excluding carboxylic acids is 2. The summed E-state index contributed by atoms with van der Waals surface area (Å²) in [5.41, 5.74) is -0.638. The van der Waals surface area contributed by atoms with Crippen LogP contribution in [0.1, 0.15) is 20.3 Å². The second-order valence-electron chi connectivity index (χ2n) is 3.42. The zero-order valence-electron chi connectivity index (χ0n) is 8.12. The Labute approximate surface area is 77.2 Å². The first-order chi connectivity index (χ1) is 6.06. The summed E-state index contributed by atoms with van der Waals surface area (Å²) >= 11 is 0. The molecule has 0 spiro atoms. The first kappa shape index (κ1) is 10.0. The smallest absolute Gasteiger partial charge is 0.312 e. The highest BCUT2D eigenvalue weighted by molar-refractivity contribution is 5.90. The predicted octanol–water partition coefficient (Wildman–Crippen LogP) is 0.749. The molecule has 0 aromatic carbocycles. The highest BCUT2D eigenvalue weighted by Crippen LogP contribution is 2.53. The second kappa shape index (κ2) is 3.36. The van der Waals surface area contributed by atoms with Crippen molar-refractivity contribution in [2.75, 3.05) is 13.7 Å². The fourth-order valence-electron chi connectivity index (χ4n) is 1.41. The predicted molar refractivity (Wildman–Crippen MR) is 44.9 cm³/mol. The molecule has 13 heavy (non-hydrogen) atoms. The first-order valence-corrected chi connectivity index (χ1v) is 4.31. The molecule has 0 heterocycles. The van der Waals surface area contributed by atoms with Crippen molar-refractivity contribution in [2.24, 2.45) is 11.3 Å². The monoisotopic (exact) mass is 186 g/mol. The van der Waals surface area contributed by atoms with E-state index in [1.54, 1.807) is 13.8 Å². The zero-order valence-corrected chi connectivity index (χ0v) is 8.12. The Balaban J connectivity index is 2.52. The molecule has 74 valence electrons. The summed E-state index contributed by atoms with van der Waals surface area (Å²) in [5.74, 6) is -0.930. The number of ether oxygens (including phenoxy) is 2. The van der Waals surface area contributed by atoms with Gasteiger partial charge in [-0.25, -0.2) is 0 Å². The number of hydrogen-bond donors (Lipinski definition) is 0. The molecule has 1 aliphatic rings. The molecule has 0 aromatic rings. The van der Waals surface area contributed by atoms with Crippen molar-refractivity contribution < 1.29 is 19.1 Å². The topological polar surface area (TPSA) is 52.6 Å². The van der Waals surface area contributed by atoms with Crippen molar-refractivity contribution in [1.82, 2.24) is 0 Å². The van der Waals surface area contributed by atoms with E-state index < -0.39 is 5.41 Å². The van der Waals surface area contributed by atoms with Gasteiger partial charge in [0, 0.05) is 0 Å². The van der Waals surface area contributed by atoms with Gasteiger partial charge in [-0.3, -0.25) is 9.59 Å². The third-order valence-corrected chi connectivity index (χ3v) is 2.46. The fraction of sp³-hybridized carbons (Fsp3) is 0.778. The zero-order chi connectivity index (χ0) is 10.1. The van der Waals surface area contributed by atoms with Gasteiger partial charge >= 0.3 is 11.9 Å². The SMILES string of the molecule is CCOC(=O)[C@@H]1C[C@@]1(C)C(=O)OC. The molecule has 0 amide bonds. The van der Waals surface area contributed by atoms with Crippen LogP contribution in [-0.2, 0) is 19.1 Å². The van der Waals surface area contributed by atoms with E-state index >= 15 is 0 Å². The molecule has 0 aliphatic heterocycles. The third-order valence-electron chi connectivity index (χ3n) is 2.46. The van der Waals surface area contributed by atoms with E-state index in [0.29, 0.717) is 13.0 Å². The lowest BCUT2D eigenvalue weighted by molar-refractivity contribution is -0.153. The van der Waals surface area contributed by atoms with Crippen molar-refractivity contribution in [3.8, 4) is 0 Å². The van der Waals surface area contributed by atoms with Crippen LogP contribution in [-0.4, -0.2) is 25.7 Å². The van der Waals surface area contributed by atoms with E-state index in [0.717, 1.165) is 0 Å². The largest absolute Gasteiger partial charge is 0.469 e. The second-order valence-corrected chi connectivity index (χ2v) is 3.42. The number of methoxy groups -OCH3 is 1. The molecule has 4 nitrogen and oxygen atoms in total. The Hall–Kier alpha value is -1.06. The van der Waals surface area contributed by atoms with E-state index in [9.17, 15) is 9.59 Å². The van der Waals surface area contributed by atoms with Crippen LogP contribution in [0.15, 0.2) is 0 Å². The average Bonchev–Trinajstić information content (AvgIpc) is 2.79. The maximum Gasteiger partial charge on any atom is 0.312 e. The molecule has 1 saturated carbocycles. The molecule has 0 aromatic heterocycles. The van der Waals surface area contributed by atoms with Crippen molar-refractivity contribution in [2.45, 2.75) is 20.3 Å².